The fourth-order valence-electron chi connectivity index (χ4n) is 3.63. The lowest BCUT2D eigenvalue weighted by Crippen LogP contribution is -2.22. The largest absolute Gasteiger partial charge is 0.461 e. The van der Waals surface area contributed by atoms with Gasteiger partial charge >= 0.3 is 5.97 Å². The highest BCUT2D eigenvalue weighted by Gasteiger charge is 2.26. The van der Waals surface area contributed by atoms with Crippen LogP contribution in [0.5, 0.6) is 0 Å². The maximum atomic E-state index is 14.9. The van der Waals surface area contributed by atoms with Crippen LogP contribution >= 0.6 is 0 Å². The monoisotopic (exact) mass is 489 g/mol. The molecule has 1 aromatic carbocycles. The average Bonchev–Trinajstić information content (AvgIpc) is 3.08. The van der Waals surface area contributed by atoms with Crippen molar-refractivity contribution in [2.45, 2.75) is 46.3 Å². The maximum absolute atomic E-state index is 14.9. The van der Waals surface area contributed by atoms with Gasteiger partial charge in [-0.15, -0.1) is 0 Å². The smallest absolute Gasteiger partial charge is 0.355 e. The molecular formula is C23H28FN3O6Si. The van der Waals surface area contributed by atoms with Crippen molar-refractivity contribution >= 4 is 30.5 Å². The van der Waals surface area contributed by atoms with Crippen molar-refractivity contribution in [1.82, 2.24) is 9.55 Å². The van der Waals surface area contributed by atoms with Crippen molar-refractivity contribution in [3.63, 3.8) is 0 Å². The lowest BCUT2D eigenvalue weighted by molar-refractivity contribution is -0.384. The van der Waals surface area contributed by atoms with Crippen LogP contribution in [0, 0.1) is 22.9 Å². The number of nitro groups is 1. The molecule has 0 saturated heterocycles. The summed E-state index contributed by atoms with van der Waals surface area (Å²) in [5.41, 5.74) is -0.766. The summed E-state index contributed by atoms with van der Waals surface area (Å²) in [6, 6.07) is 4.00. The molecule has 11 heteroatoms. The molecule has 182 valence electrons. The van der Waals surface area contributed by atoms with Gasteiger partial charge in [0.05, 0.1) is 16.9 Å². The van der Waals surface area contributed by atoms with Crippen molar-refractivity contribution in [2.24, 2.45) is 0 Å². The number of rotatable bonds is 9. The van der Waals surface area contributed by atoms with E-state index in [0.717, 1.165) is 24.2 Å². The molecule has 3 aromatic rings. The third-order valence-electron chi connectivity index (χ3n) is 5.47. The van der Waals surface area contributed by atoms with Gasteiger partial charge in [0.2, 0.25) is 0 Å². The molecule has 2 aromatic heterocycles. The number of benzene rings is 1. The quantitative estimate of drug-likeness (QED) is 0.151. The van der Waals surface area contributed by atoms with E-state index in [1.807, 2.05) is 0 Å². The van der Waals surface area contributed by atoms with Crippen LogP contribution in [-0.4, -0.2) is 41.7 Å². The Morgan fingerprint density at radius 3 is 2.62 bits per heavy atom. The topological polar surface area (TPSA) is 116 Å². The molecule has 1 N–H and O–H groups in total. The molecule has 0 aliphatic carbocycles. The average molecular weight is 490 g/mol. The number of pyridine rings is 1. The molecule has 0 saturated carbocycles. The molecule has 0 atom stereocenters. The minimum Gasteiger partial charge on any atom is -0.461 e. The molecule has 0 bridgehead atoms. The second-order valence-electron chi connectivity index (χ2n) is 9.17. The molecule has 0 unspecified atom stereocenters. The van der Waals surface area contributed by atoms with Gasteiger partial charge in [-0.25, -0.2) is 9.18 Å². The normalized spacial score (nSPS) is 11.7. The van der Waals surface area contributed by atoms with Gasteiger partial charge in [0.1, 0.15) is 18.2 Å². The summed E-state index contributed by atoms with van der Waals surface area (Å²) >= 11 is 0. The molecule has 2 heterocycles. The number of aromatic amines is 1. The van der Waals surface area contributed by atoms with Crippen LogP contribution in [0.1, 0.15) is 23.1 Å². The Bertz CT molecular complexity index is 1310. The summed E-state index contributed by atoms with van der Waals surface area (Å²) in [5.74, 6) is -1.64. The van der Waals surface area contributed by atoms with E-state index in [1.165, 1.54) is 0 Å². The van der Waals surface area contributed by atoms with Gasteiger partial charge in [0.15, 0.2) is 0 Å². The van der Waals surface area contributed by atoms with Gasteiger partial charge in [-0.2, -0.15) is 0 Å². The van der Waals surface area contributed by atoms with Gasteiger partial charge in [-0.05, 0) is 26.0 Å². The number of aromatic nitrogens is 2. The lowest BCUT2D eigenvalue weighted by atomic mass is 9.98. The lowest BCUT2D eigenvalue weighted by Gasteiger charge is -2.15. The number of aryl methyl sites for hydroxylation is 1. The number of esters is 1. The predicted molar refractivity (Wildman–Crippen MR) is 129 cm³/mol. The van der Waals surface area contributed by atoms with Crippen molar-refractivity contribution in [2.75, 3.05) is 13.2 Å². The van der Waals surface area contributed by atoms with Crippen LogP contribution in [0.15, 0.2) is 29.2 Å². The number of carbonyl (C=O) groups is 1. The van der Waals surface area contributed by atoms with Crippen molar-refractivity contribution in [3.05, 3.63) is 62.1 Å². The van der Waals surface area contributed by atoms with Gasteiger partial charge in [0.25, 0.3) is 11.2 Å². The number of nitrogens with one attached hydrogen (secondary N) is 1. The van der Waals surface area contributed by atoms with E-state index in [0.29, 0.717) is 12.3 Å². The highest BCUT2D eigenvalue weighted by Crippen LogP contribution is 2.35. The molecule has 0 aliphatic rings. The van der Waals surface area contributed by atoms with Gasteiger partial charge in [-0.1, -0.05) is 19.6 Å². The van der Waals surface area contributed by atoms with E-state index >= 15 is 0 Å². The first-order valence-electron chi connectivity index (χ1n) is 10.9. The van der Waals surface area contributed by atoms with Gasteiger partial charge in [0, 0.05) is 55.2 Å². The highest BCUT2D eigenvalue weighted by atomic mass is 28.3. The number of H-pyrrole nitrogens is 1. The SMILES string of the molecule is CCOC(=O)c1[nH]c(=O)c2c(C)n(COCC[Si](C)(C)C)cc2c1-c1cc([N+](=O)[O-])ccc1F. The fraction of sp³-hybridized carbons (Fsp3) is 0.391. The molecule has 9 nitrogen and oxygen atoms in total. The van der Waals surface area contributed by atoms with Gasteiger partial charge in [-0.3, -0.25) is 14.9 Å². The number of ether oxygens (including phenoxy) is 2. The zero-order valence-electron chi connectivity index (χ0n) is 19.9. The number of hydrogen-bond donors (Lipinski definition) is 1. The fourth-order valence-corrected chi connectivity index (χ4v) is 4.39. The first-order chi connectivity index (χ1) is 15.9. The highest BCUT2D eigenvalue weighted by molar-refractivity contribution is 6.76. The minimum absolute atomic E-state index is 0.0261. The molecule has 0 spiro atoms. The summed E-state index contributed by atoms with van der Waals surface area (Å²) in [6.45, 7) is 10.8. The molecular weight excluding hydrogens is 461 g/mol. The van der Waals surface area contributed by atoms with E-state index in [1.54, 1.807) is 24.6 Å². The molecule has 0 radical (unpaired) electrons. The number of fused-ring (bicyclic) bond motifs is 1. The predicted octanol–water partition coefficient (Wildman–Crippen LogP) is 4.84. The Labute approximate surface area is 196 Å². The van der Waals surface area contributed by atoms with E-state index in [9.17, 15) is 24.1 Å². The zero-order chi connectivity index (χ0) is 25.2. The number of nitro benzene ring substituents is 1. The summed E-state index contributed by atoms with van der Waals surface area (Å²) in [6.07, 6.45) is 1.60. The number of non-ortho nitro benzene ring substituents is 1. The van der Waals surface area contributed by atoms with Crippen LogP contribution in [0.25, 0.3) is 21.9 Å². The Balaban J connectivity index is 2.22. The third-order valence-corrected chi connectivity index (χ3v) is 7.17. The van der Waals surface area contributed by atoms with Crippen LogP contribution < -0.4 is 5.56 Å². The van der Waals surface area contributed by atoms with Crippen LogP contribution in [-0.2, 0) is 16.2 Å². The first-order valence-corrected chi connectivity index (χ1v) is 14.6. The van der Waals surface area contributed by atoms with Gasteiger partial charge < -0.3 is 19.0 Å². The van der Waals surface area contributed by atoms with Crippen LogP contribution in [0.3, 0.4) is 0 Å². The molecule has 0 fully saturated rings. The molecule has 34 heavy (non-hydrogen) atoms. The second-order valence-corrected chi connectivity index (χ2v) is 14.8. The Kier molecular flexibility index (Phi) is 7.37. The second kappa shape index (κ2) is 9.90. The number of hydrogen-bond acceptors (Lipinski definition) is 6. The zero-order valence-corrected chi connectivity index (χ0v) is 20.9. The summed E-state index contributed by atoms with van der Waals surface area (Å²) in [7, 11) is -1.29. The summed E-state index contributed by atoms with van der Waals surface area (Å²) in [4.78, 5) is 38.8. The number of carbonyl (C=O) groups excluding carboxylic acids is 1. The standard InChI is InChI=1S/C23H28FN3O6Si/c1-6-33-23(29)21-20(16-11-15(27(30)31)7-8-18(16)24)17-12-26(13-32-9-10-34(3,4)5)14(2)19(17)22(28)25-21/h7-8,11-12H,6,9-10,13H2,1-5H3,(H,25,28). The Morgan fingerprint density at radius 2 is 2.00 bits per heavy atom. The first kappa shape index (κ1) is 25.3. The Morgan fingerprint density at radius 1 is 1.29 bits per heavy atom. The summed E-state index contributed by atoms with van der Waals surface area (Å²) < 4.78 is 27.5. The number of nitrogens with zero attached hydrogens (tertiary/aromatic N) is 2. The van der Waals surface area contributed by atoms with Crippen LogP contribution in [0.4, 0.5) is 10.1 Å². The third kappa shape index (κ3) is 5.26. The van der Waals surface area contributed by atoms with Crippen molar-refractivity contribution in [3.8, 4) is 11.1 Å². The van der Waals surface area contributed by atoms with E-state index in [4.69, 9.17) is 9.47 Å². The molecule has 3 rings (SSSR count). The van der Waals surface area contributed by atoms with E-state index < -0.39 is 30.3 Å². The van der Waals surface area contributed by atoms with E-state index in [-0.39, 0.29) is 46.6 Å². The molecule has 0 aliphatic heterocycles. The van der Waals surface area contributed by atoms with E-state index in [2.05, 4.69) is 24.6 Å². The minimum atomic E-state index is -1.29. The van der Waals surface area contributed by atoms with Crippen molar-refractivity contribution in [1.29, 1.82) is 0 Å². The van der Waals surface area contributed by atoms with Crippen LogP contribution in [0.2, 0.25) is 25.7 Å². The van der Waals surface area contributed by atoms with Crippen molar-refractivity contribution < 1.29 is 23.6 Å². The summed E-state index contributed by atoms with van der Waals surface area (Å²) in [5, 5.41) is 11.8. The number of halogens is 1. The maximum Gasteiger partial charge on any atom is 0.355 e. The molecule has 0 amide bonds. The Hall–Kier alpha value is -3.31.